The average molecular weight is 347 g/mol. The van der Waals surface area contributed by atoms with Crippen LogP contribution in [0.15, 0.2) is 35.1 Å². The van der Waals surface area contributed by atoms with Crippen LogP contribution in [0.25, 0.3) is 0 Å². The molecule has 0 aliphatic carbocycles. The van der Waals surface area contributed by atoms with Gasteiger partial charge in [-0.15, -0.1) is 0 Å². The third kappa shape index (κ3) is 3.02. The van der Waals surface area contributed by atoms with Crippen molar-refractivity contribution in [3.8, 4) is 0 Å². The first-order valence-corrected chi connectivity index (χ1v) is 8.15. The summed E-state index contributed by atoms with van der Waals surface area (Å²) in [7, 11) is 0. The van der Waals surface area contributed by atoms with Crippen LogP contribution in [0, 0.1) is 0 Å². The van der Waals surface area contributed by atoms with Crippen LogP contribution in [0.5, 0.6) is 0 Å². The summed E-state index contributed by atoms with van der Waals surface area (Å²) in [5.74, 6) is 1.85. The molecule has 1 aliphatic heterocycles. The topological polar surface area (TPSA) is 41.1 Å². The fourth-order valence-corrected chi connectivity index (χ4v) is 3.22. The molecule has 1 aliphatic rings. The Morgan fingerprint density at radius 3 is 2.86 bits per heavy atom. The number of fused-ring (bicyclic) bond motifs is 1. The Morgan fingerprint density at radius 2 is 2.05 bits per heavy atom. The van der Waals surface area contributed by atoms with E-state index in [4.69, 9.17) is 0 Å². The average Bonchev–Trinajstić information content (AvgIpc) is 2.53. The van der Waals surface area contributed by atoms with Gasteiger partial charge in [0.25, 0.3) is 0 Å². The minimum absolute atomic E-state index is 0.876. The molecule has 0 unspecified atom stereocenters. The van der Waals surface area contributed by atoms with E-state index in [0.29, 0.717) is 0 Å². The maximum atomic E-state index is 4.47. The number of nitrogens with zero attached hydrogens (tertiary/aromatic N) is 3. The van der Waals surface area contributed by atoms with Crippen LogP contribution in [-0.4, -0.2) is 23.1 Å². The third-order valence-electron chi connectivity index (χ3n) is 3.74. The molecule has 0 radical (unpaired) electrons. The highest BCUT2D eigenvalue weighted by Gasteiger charge is 2.20. The van der Waals surface area contributed by atoms with Gasteiger partial charge in [-0.05, 0) is 39.9 Å². The van der Waals surface area contributed by atoms with Crippen molar-refractivity contribution in [2.45, 2.75) is 26.3 Å². The van der Waals surface area contributed by atoms with Crippen molar-refractivity contribution in [3.63, 3.8) is 0 Å². The second-order valence-corrected chi connectivity index (χ2v) is 6.02. The van der Waals surface area contributed by atoms with E-state index >= 15 is 0 Å². The van der Waals surface area contributed by atoms with E-state index in [1.165, 1.54) is 11.1 Å². The van der Waals surface area contributed by atoms with E-state index in [0.717, 1.165) is 48.6 Å². The molecule has 5 heteroatoms. The molecule has 0 saturated heterocycles. The van der Waals surface area contributed by atoms with Crippen LogP contribution in [0.4, 0.5) is 11.6 Å². The summed E-state index contributed by atoms with van der Waals surface area (Å²) in [6.07, 6.45) is 3.77. The van der Waals surface area contributed by atoms with E-state index < -0.39 is 0 Å². The minimum atomic E-state index is 0.876. The quantitative estimate of drug-likeness (QED) is 0.917. The van der Waals surface area contributed by atoms with Crippen LogP contribution in [0.1, 0.15) is 24.5 Å². The molecular formula is C16H19BrN4. The zero-order valence-corrected chi connectivity index (χ0v) is 13.7. The van der Waals surface area contributed by atoms with Gasteiger partial charge in [0.05, 0.1) is 0 Å². The van der Waals surface area contributed by atoms with Gasteiger partial charge in [-0.2, -0.15) is 0 Å². The van der Waals surface area contributed by atoms with Crippen molar-refractivity contribution in [1.82, 2.24) is 9.97 Å². The normalized spacial score (nSPS) is 13.9. The van der Waals surface area contributed by atoms with Crippen LogP contribution in [0.3, 0.4) is 0 Å². The Balaban J connectivity index is 1.85. The molecule has 2 heterocycles. The molecule has 1 aromatic carbocycles. The molecule has 4 nitrogen and oxygen atoms in total. The molecule has 0 atom stereocenters. The van der Waals surface area contributed by atoms with Gasteiger partial charge >= 0.3 is 0 Å². The Kier molecular flexibility index (Phi) is 4.39. The Bertz CT molecular complexity index is 629. The number of hydrogen-bond acceptors (Lipinski definition) is 4. The number of hydrogen-bond donors (Lipinski definition) is 1. The third-order valence-corrected chi connectivity index (χ3v) is 4.47. The van der Waals surface area contributed by atoms with Crippen molar-refractivity contribution < 1.29 is 0 Å². The molecule has 1 N–H and O–H groups in total. The summed E-state index contributed by atoms with van der Waals surface area (Å²) < 4.78 is 0.956. The minimum Gasteiger partial charge on any atom is -0.369 e. The molecule has 0 amide bonds. The fraction of sp³-hybridized carbons (Fsp3) is 0.375. The summed E-state index contributed by atoms with van der Waals surface area (Å²) in [4.78, 5) is 11.1. The molecule has 0 saturated carbocycles. The van der Waals surface area contributed by atoms with Gasteiger partial charge in [0, 0.05) is 19.6 Å². The monoisotopic (exact) mass is 346 g/mol. The van der Waals surface area contributed by atoms with Gasteiger partial charge in [0.15, 0.2) is 0 Å². The molecule has 110 valence electrons. The van der Waals surface area contributed by atoms with Crippen molar-refractivity contribution in [1.29, 1.82) is 0 Å². The first-order chi connectivity index (χ1) is 10.3. The van der Waals surface area contributed by atoms with Gasteiger partial charge in [0.1, 0.15) is 22.4 Å². The maximum Gasteiger partial charge on any atom is 0.148 e. The van der Waals surface area contributed by atoms with E-state index in [1.54, 1.807) is 6.33 Å². The van der Waals surface area contributed by atoms with E-state index in [1.807, 2.05) is 0 Å². The fourth-order valence-electron chi connectivity index (χ4n) is 2.62. The Hall–Kier alpha value is -1.62. The highest BCUT2D eigenvalue weighted by molar-refractivity contribution is 9.10. The van der Waals surface area contributed by atoms with Gasteiger partial charge < -0.3 is 10.2 Å². The Labute approximate surface area is 133 Å². The molecule has 0 fully saturated rings. The smallest absolute Gasteiger partial charge is 0.148 e. The van der Waals surface area contributed by atoms with Crippen LogP contribution in [-0.2, 0) is 13.0 Å². The zero-order valence-electron chi connectivity index (χ0n) is 12.1. The summed E-state index contributed by atoms with van der Waals surface area (Å²) in [6, 6.07) is 8.64. The summed E-state index contributed by atoms with van der Waals surface area (Å²) in [6.45, 7) is 4.95. The predicted octanol–water partition coefficient (Wildman–Crippen LogP) is 3.62. The standard InChI is InChI=1S/C16H19BrN4/c1-2-8-18-15-14(17)16(20-11-19-15)21-9-7-12-5-3-4-6-13(12)10-21/h3-6,11H,2,7-10H2,1H3,(H,18,19,20). The largest absolute Gasteiger partial charge is 0.369 e. The van der Waals surface area contributed by atoms with Crippen molar-refractivity contribution >= 4 is 27.6 Å². The Morgan fingerprint density at radius 1 is 1.24 bits per heavy atom. The lowest BCUT2D eigenvalue weighted by atomic mass is 10.00. The van der Waals surface area contributed by atoms with Crippen molar-refractivity contribution in [2.24, 2.45) is 0 Å². The zero-order chi connectivity index (χ0) is 14.7. The summed E-state index contributed by atoms with van der Waals surface area (Å²) in [5.41, 5.74) is 2.83. The maximum absolute atomic E-state index is 4.47. The van der Waals surface area contributed by atoms with Crippen molar-refractivity contribution in [3.05, 3.63) is 46.2 Å². The molecule has 1 aromatic heterocycles. The molecule has 0 bridgehead atoms. The van der Waals surface area contributed by atoms with Gasteiger partial charge in [-0.1, -0.05) is 31.2 Å². The van der Waals surface area contributed by atoms with E-state index in [2.05, 4.69) is 67.3 Å². The van der Waals surface area contributed by atoms with Crippen LogP contribution >= 0.6 is 15.9 Å². The highest BCUT2D eigenvalue weighted by atomic mass is 79.9. The number of benzene rings is 1. The van der Waals surface area contributed by atoms with E-state index in [9.17, 15) is 0 Å². The lowest BCUT2D eigenvalue weighted by molar-refractivity contribution is 0.717. The second kappa shape index (κ2) is 6.43. The number of aromatic nitrogens is 2. The summed E-state index contributed by atoms with van der Waals surface area (Å²) in [5, 5.41) is 3.34. The van der Waals surface area contributed by atoms with Crippen LogP contribution < -0.4 is 10.2 Å². The van der Waals surface area contributed by atoms with Gasteiger partial charge in [-0.25, -0.2) is 9.97 Å². The molecular weight excluding hydrogens is 328 g/mol. The van der Waals surface area contributed by atoms with E-state index in [-0.39, 0.29) is 0 Å². The SMILES string of the molecule is CCCNc1ncnc(N2CCc3ccccc3C2)c1Br. The lowest BCUT2D eigenvalue weighted by Gasteiger charge is -2.30. The first kappa shape index (κ1) is 14.3. The first-order valence-electron chi connectivity index (χ1n) is 7.35. The van der Waals surface area contributed by atoms with Crippen molar-refractivity contribution in [2.75, 3.05) is 23.3 Å². The number of anilines is 2. The highest BCUT2D eigenvalue weighted by Crippen LogP contribution is 2.32. The molecule has 2 aromatic rings. The number of halogens is 1. The van der Waals surface area contributed by atoms with Gasteiger partial charge in [-0.3, -0.25) is 0 Å². The molecule has 21 heavy (non-hydrogen) atoms. The predicted molar refractivity (Wildman–Crippen MR) is 89.7 cm³/mol. The molecule has 0 spiro atoms. The molecule has 3 rings (SSSR count). The number of rotatable bonds is 4. The second-order valence-electron chi connectivity index (χ2n) is 5.23. The lowest BCUT2D eigenvalue weighted by Crippen LogP contribution is -2.31. The summed E-state index contributed by atoms with van der Waals surface area (Å²) >= 11 is 3.66. The van der Waals surface area contributed by atoms with Gasteiger partial charge in [0.2, 0.25) is 0 Å². The van der Waals surface area contributed by atoms with Crippen LogP contribution in [0.2, 0.25) is 0 Å². The number of nitrogens with one attached hydrogen (secondary N) is 1.